The Morgan fingerprint density at radius 3 is 2.53 bits per heavy atom. The van der Waals surface area contributed by atoms with Crippen LogP contribution in [0.4, 0.5) is 5.69 Å². The molecule has 1 aromatic rings. The number of hydrogen-bond donors (Lipinski definition) is 1. The first-order valence-corrected chi connectivity index (χ1v) is 5.61. The summed E-state index contributed by atoms with van der Waals surface area (Å²) in [4.78, 5) is 12.9. The molecule has 2 N–H and O–H groups in total. The van der Waals surface area contributed by atoms with E-state index in [1.165, 1.54) is 0 Å². The average molecular weight is 236 g/mol. The van der Waals surface area contributed by atoms with Gasteiger partial charge >= 0.3 is 0 Å². The van der Waals surface area contributed by atoms with E-state index in [1.54, 1.807) is 19.0 Å². The Morgan fingerprint density at radius 2 is 2.00 bits per heavy atom. The first-order valence-electron chi connectivity index (χ1n) is 5.61. The molecule has 0 unspecified atom stereocenters. The van der Waals surface area contributed by atoms with Crippen LogP contribution in [-0.2, 0) is 4.79 Å². The molecule has 0 aliphatic rings. The number of benzene rings is 1. The van der Waals surface area contributed by atoms with Gasteiger partial charge in [-0.3, -0.25) is 4.79 Å². The molecular formula is C13H20N2O2. The zero-order valence-corrected chi connectivity index (χ0v) is 10.9. The van der Waals surface area contributed by atoms with Gasteiger partial charge in [0.15, 0.2) is 0 Å². The molecule has 0 saturated heterocycles. The van der Waals surface area contributed by atoms with Gasteiger partial charge in [-0.25, -0.2) is 0 Å². The van der Waals surface area contributed by atoms with Crippen molar-refractivity contribution in [3.8, 4) is 5.75 Å². The lowest BCUT2D eigenvalue weighted by Gasteiger charge is -2.14. The number of amides is 1. The highest BCUT2D eigenvalue weighted by molar-refractivity contribution is 5.75. The third-order valence-electron chi connectivity index (χ3n) is 2.51. The highest BCUT2D eigenvalue weighted by atomic mass is 16.5. The monoisotopic (exact) mass is 236 g/mol. The van der Waals surface area contributed by atoms with Crippen LogP contribution in [0.1, 0.15) is 17.5 Å². The van der Waals surface area contributed by atoms with Crippen molar-refractivity contribution in [3.05, 3.63) is 23.3 Å². The molecule has 0 bridgehead atoms. The van der Waals surface area contributed by atoms with Crippen molar-refractivity contribution in [3.63, 3.8) is 0 Å². The Hall–Kier alpha value is -1.71. The molecule has 0 heterocycles. The summed E-state index contributed by atoms with van der Waals surface area (Å²) < 4.78 is 5.57. The summed E-state index contributed by atoms with van der Waals surface area (Å²) in [5.74, 6) is 0.732. The molecule has 0 fully saturated rings. The largest absolute Gasteiger partial charge is 0.491 e. The van der Waals surface area contributed by atoms with Crippen LogP contribution in [0.5, 0.6) is 5.75 Å². The highest BCUT2D eigenvalue weighted by Gasteiger charge is 2.08. The number of nitrogens with zero attached hydrogens (tertiary/aromatic N) is 1. The molecule has 0 spiro atoms. The maximum Gasteiger partial charge on any atom is 0.225 e. The molecule has 1 rings (SSSR count). The molecule has 4 heteroatoms. The fourth-order valence-electron chi connectivity index (χ4n) is 1.65. The van der Waals surface area contributed by atoms with Crippen molar-refractivity contribution < 1.29 is 9.53 Å². The van der Waals surface area contributed by atoms with Crippen LogP contribution in [0.25, 0.3) is 0 Å². The van der Waals surface area contributed by atoms with E-state index in [1.807, 2.05) is 26.0 Å². The minimum Gasteiger partial charge on any atom is -0.491 e. The smallest absolute Gasteiger partial charge is 0.225 e. The Labute approximate surface area is 102 Å². The standard InChI is InChI=1S/C13H20N2O2/c1-9-7-10(2)13(11(14)8-9)17-6-5-12(16)15(3)4/h7-8H,5-6,14H2,1-4H3. The summed E-state index contributed by atoms with van der Waals surface area (Å²) in [6.45, 7) is 4.29. The number of carbonyl (C=O) groups excluding carboxylic acids is 1. The van der Waals surface area contributed by atoms with E-state index in [2.05, 4.69) is 0 Å². The Morgan fingerprint density at radius 1 is 1.35 bits per heavy atom. The zero-order chi connectivity index (χ0) is 13.0. The van der Waals surface area contributed by atoms with Crippen LogP contribution in [-0.4, -0.2) is 31.5 Å². The van der Waals surface area contributed by atoms with Crippen LogP contribution in [0.2, 0.25) is 0 Å². The first-order chi connectivity index (χ1) is 7.91. The molecule has 0 saturated carbocycles. The summed E-state index contributed by atoms with van der Waals surface area (Å²) >= 11 is 0. The lowest BCUT2D eigenvalue weighted by Crippen LogP contribution is -2.23. The Bertz CT molecular complexity index is 391. The van der Waals surface area contributed by atoms with Crippen molar-refractivity contribution in [2.24, 2.45) is 0 Å². The van der Waals surface area contributed by atoms with Crippen molar-refractivity contribution >= 4 is 11.6 Å². The van der Waals surface area contributed by atoms with Crippen molar-refractivity contribution in [1.82, 2.24) is 4.90 Å². The third-order valence-corrected chi connectivity index (χ3v) is 2.51. The van der Waals surface area contributed by atoms with E-state index in [0.29, 0.717) is 24.5 Å². The normalized spacial score (nSPS) is 10.1. The van der Waals surface area contributed by atoms with Gasteiger partial charge in [0, 0.05) is 14.1 Å². The van der Waals surface area contributed by atoms with E-state index in [9.17, 15) is 4.79 Å². The molecular weight excluding hydrogens is 216 g/mol. The van der Waals surface area contributed by atoms with Gasteiger partial charge in [-0.1, -0.05) is 6.07 Å². The van der Waals surface area contributed by atoms with Gasteiger partial charge in [0.2, 0.25) is 5.91 Å². The second-order valence-corrected chi connectivity index (χ2v) is 4.39. The Kier molecular flexibility index (Phi) is 4.37. The van der Waals surface area contributed by atoms with Crippen LogP contribution in [0.15, 0.2) is 12.1 Å². The predicted octanol–water partition coefficient (Wildman–Crippen LogP) is 1.74. The summed E-state index contributed by atoms with van der Waals surface area (Å²) in [6, 6.07) is 3.88. The molecule has 17 heavy (non-hydrogen) atoms. The van der Waals surface area contributed by atoms with Gasteiger partial charge < -0.3 is 15.4 Å². The van der Waals surface area contributed by atoms with Crippen molar-refractivity contribution in [1.29, 1.82) is 0 Å². The van der Waals surface area contributed by atoms with Crippen molar-refractivity contribution in [2.45, 2.75) is 20.3 Å². The second kappa shape index (κ2) is 5.57. The molecule has 0 atom stereocenters. The molecule has 94 valence electrons. The average Bonchev–Trinajstić information content (AvgIpc) is 2.21. The summed E-state index contributed by atoms with van der Waals surface area (Å²) in [6.07, 6.45) is 0.361. The van der Waals surface area contributed by atoms with Gasteiger partial charge in [-0.05, 0) is 31.0 Å². The topological polar surface area (TPSA) is 55.6 Å². The number of aryl methyl sites for hydroxylation is 2. The van der Waals surface area contributed by atoms with E-state index < -0.39 is 0 Å². The number of nitrogens with two attached hydrogens (primary N) is 1. The first kappa shape index (κ1) is 13.4. The van der Waals surface area contributed by atoms with Crippen LogP contribution < -0.4 is 10.5 Å². The second-order valence-electron chi connectivity index (χ2n) is 4.39. The highest BCUT2D eigenvalue weighted by Crippen LogP contribution is 2.27. The van der Waals surface area contributed by atoms with Crippen molar-refractivity contribution in [2.75, 3.05) is 26.4 Å². The minimum atomic E-state index is 0.0494. The number of rotatable bonds is 4. The fraction of sp³-hybridized carbons (Fsp3) is 0.462. The van der Waals surface area contributed by atoms with E-state index in [-0.39, 0.29) is 5.91 Å². The number of nitrogen functional groups attached to an aromatic ring is 1. The molecule has 1 aromatic carbocycles. The maximum absolute atomic E-state index is 11.4. The number of carbonyl (C=O) groups is 1. The van der Waals surface area contributed by atoms with Gasteiger partial charge in [-0.15, -0.1) is 0 Å². The predicted molar refractivity (Wildman–Crippen MR) is 69.1 cm³/mol. The van der Waals surface area contributed by atoms with Crippen LogP contribution in [0, 0.1) is 13.8 Å². The number of ether oxygens (including phenoxy) is 1. The molecule has 0 radical (unpaired) electrons. The molecule has 0 aliphatic carbocycles. The molecule has 1 amide bonds. The number of anilines is 1. The van der Waals surface area contributed by atoms with Gasteiger partial charge in [0.1, 0.15) is 5.75 Å². The Balaban J connectivity index is 2.61. The lowest BCUT2D eigenvalue weighted by molar-refractivity contribution is -0.129. The van der Waals surface area contributed by atoms with Gasteiger partial charge in [0.25, 0.3) is 0 Å². The zero-order valence-electron chi connectivity index (χ0n) is 10.9. The summed E-state index contributed by atoms with van der Waals surface area (Å²) in [7, 11) is 3.46. The van der Waals surface area contributed by atoms with Crippen LogP contribution in [0.3, 0.4) is 0 Å². The van der Waals surface area contributed by atoms with E-state index >= 15 is 0 Å². The SMILES string of the molecule is Cc1cc(C)c(OCCC(=O)N(C)C)c(N)c1. The lowest BCUT2D eigenvalue weighted by atomic mass is 10.1. The van der Waals surface area contributed by atoms with E-state index in [0.717, 1.165) is 11.1 Å². The maximum atomic E-state index is 11.4. The van der Waals surface area contributed by atoms with Gasteiger partial charge in [0.05, 0.1) is 18.7 Å². The molecule has 4 nitrogen and oxygen atoms in total. The van der Waals surface area contributed by atoms with Gasteiger partial charge in [-0.2, -0.15) is 0 Å². The molecule has 0 aliphatic heterocycles. The molecule has 0 aromatic heterocycles. The van der Waals surface area contributed by atoms with E-state index in [4.69, 9.17) is 10.5 Å². The van der Waals surface area contributed by atoms with Crippen LogP contribution >= 0.6 is 0 Å². The summed E-state index contributed by atoms with van der Waals surface area (Å²) in [5.41, 5.74) is 8.61. The third kappa shape index (κ3) is 3.66. The quantitative estimate of drug-likeness (QED) is 0.810. The fourth-order valence-corrected chi connectivity index (χ4v) is 1.65. The number of hydrogen-bond acceptors (Lipinski definition) is 3. The minimum absolute atomic E-state index is 0.0494. The summed E-state index contributed by atoms with van der Waals surface area (Å²) in [5, 5.41) is 0.